The third-order valence-corrected chi connectivity index (χ3v) is 12.1. The Hall–Kier alpha value is -7.36. The van der Waals surface area contributed by atoms with Crippen molar-refractivity contribution in [2.75, 3.05) is 0 Å². The fraction of sp³-hybridized carbons (Fsp3) is 0.0545. The van der Waals surface area contributed by atoms with Crippen LogP contribution >= 0.6 is 0 Å². The van der Waals surface area contributed by atoms with Crippen molar-refractivity contribution in [3.05, 3.63) is 211 Å². The maximum Gasteiger partial charge on any atom is 0.160 e. The summed E-state index contributed by atoms with van der Waals surface area (Å²) in [6.07, 6.45) is 0. The average Bonchev–Trinajstić information content (AvgIpc) is 3.75. The van der Waals surface area contributed by atoms with Crippen LogP contribution in [0.4, 0.5) is 0 Å². The highest BCUT2D eigenvalue weighted by atomic mass is 15.0. The van der Waals surface area contributed by atoms with Crippen molar-refractivity contribution in [2.45, 2.75) is 19.3 Å². The molecule has 10 aromatic rings. The minimum Gasteiger partial charge on any atom is -0.309 e. The lowest BCUT2D eigenvalue weighted by molar-refractivity contribution is 0.660. The van der Waals surface area contributed by atoms with E-state index < -0.39 is 0 Å². The molecular weight excluding hydrogens is 703 g/mol. The molecular formula is C55H39N3. The van der Waals surface area contributed by atoms with E-state index in [0.29, 0.717) is 5.82 Å². The van der Waals surface area contributed by atoms with Crippen molar-refractivity contribution in [1.82, 2.24) is 14.5 Å². The molecule has 0 unspecified atom stereocenters. The molecule has 58 heavy (non-hydrogen) atoms. The summed E-state index contributed by atoms with van der Waals surface area (Å²) in [5.74, 6) is 0.710. The predicted molar refractivity (Wildman–Crippen MR) is 241 cm³/mol. The first kappa shape index (κ1) is 33.9. The van der Waals surface area contributed by atoms with E-state index >= 15 is 0 Å². The minimum absolute atomic E-state index is 0.0374. The Morgan fingerprint density at radius 3 is 1.45 bits per heavy atom. The number of para-hydroxylation sites is 2. The van der Waals surface area contributed by atoms with E-state index in [9.17, 15) is 0 Å². The van der Waals surface area contributed by atoms with Gasteiger partial charge in [0.2, 0.25) is 0 Å². The summed E-state index contributed by atoms with van der Waals surface area (Å²) in [4.78, 5) is 10.2. The van der Waals surface area contributed by atoms with Gasteiger partial charge in [-0.25, -0.2) is 9.97 Å². The summed E-state index contributed by atoms with van der Waals surface area (Å²) in [6, 6.07) is 71.8. The lowest BCUT2D eigenvalue weighted by atomic mass is 9.81. The van der Waals surface area contributed by atoms with Gasteiger partial charge in [0, 0.05) is 38.6 Å². The van der Waals surface area contributed by atoms with Crippen LogP contribution < -0.4 is 0 Å². The van der Waals surface area contributed by atoms with E-state index in [1.807, 2.05) is 18.2 Å². The Morgan fingerprint density at radius 1 is 0.362 bits per heavy atom. The van der Waals surface area contributed by atoms with E-state index in [0.717, 1.165) is 39.3 Å². The second-order valence-corrected chi connectivity index (χ2v) is 15.8. The number of hydrogen-bond acceptors (Lipinski definition) is 2. The van der Waals surface area contributed by atoms with Crippen molar-refractivity contribution in [3.8, 4) is 73.0 Å². The van der Waals surface area contributed by atoms with Crippen molar-refractivity contribution in [3.63, 3.8) is 0 Å². The molecule has 11 rings (SSSR count). The lowest BCUT2D eigenvalue weighted by Crippen LogP contribution is -2.14. The van der Waals surface area contributed by atoms with E-state index in [4.69, 9.17) is 9.97 Å². The monoisotopic (exact) mass is 741 g/mol. The van der Waals surface area contributed by atoms with Crippen LogP contribution in [0.1, 0.15) is 25.0 Å². The summed E-state index contributed by atoms with van der Waals surface area (Å²) < 4.78 is 2.36. The van der Waals surface area contributed by atoms with E-state index in [-0.39, 0.29) is 5.41 Å². The van der Waals surface area contributed by atoms with Crippen molar-refractivity contribution in [2.24, 2.45) is 0 Å². The van der Waals surface area contributed by atoms with E-state index in [1.165, 1.54) is 60.8 Å². The number of hydrogen-bond donors (Lipinski definition) is 0. The topological polar surface area (TPSA) is 30.7 Å². The fourth-order valence-corrected chi connectivity index (χ4v) is 9.01. The SMILES string of the molecule is CC1(C)c2ccccc2-c2ccc(-c3ccc(-c4cc(-c5ccc(-c6ccc(-n7c8ccccc8c8ccccc87)cc6)cc5)nc(-c5ccccc5)n4)cc3)cc21. The lowest BCUT2D eigenvalue weighted by Gasteiger charge is -2.22. The smallest absolute Gasteiger partial charge is 0.160 e. The number of benzene rings is 8. The van der Waals surface area contributed by atoms with Crippen LogP contribution in [0.25, 0.3) is 94.8 Å². The van der Waals surface area contributed by atoms with Crippen molar-refractivity contribution < 1.29 is 0 Å². The summed E-state index contributed by atoms with van der Waals surface area (Å²) in [5, 5.41) is 2.54. The van der Waals surface area contributed by atoms with Gasteiger partial charge in [-0.05, 0) is 80.9 Å². The number of rotatable bonds is 6. The molecule has 0 N–H and O–H groups in total. The Morgan fingerprint density at radius 2 is 0.828 bits per heavy atom. The molecule has 2 heterocycles. The van der Waals surface area contributed by atoms with Crippen LogP contribution in [0.5, 0.6) is 0 Å². The fourth-order valence-electron chi connectivity index (χ4n) is 9.01. The highest BCUT2D eigenvalue weighted by molar-refractivity contribution is 6.09. The summed E-state index contributed by atoms with van der Waals surface area (Å²) >= 11 is 0. The molecule has 0 fully saturated rings. The minimum atomic E-state index is -0.0374. The molecule has 0 saturated heterocycles. The maximum absolute atomic E-state index is 5.11. The van der Waals surface area contributed by atoms with Gasteiger partial charge in [0.25, 0.3) is 0 Å². The quantitative estimate of drug-likeness (QED) is 0.170. The zero-order chi connectivity index (χ0) is 38.8. The Bertz CT molecular complexity index is 3100. The van der Waals surface area contributed by atoms with Gasteiger partial charge in [-0.2, -0.15) is 0 Å². The molecule has 8 aromatic carbocycles. The molecule has 0 radical (unpaired) electrons. The largest absolute Gasteiger partial charge is 0.309 e. The van der Waals surface area contributed by atoms with Gasteiger partial charge >= 0.3 is 0 Å². The van der Waals surface area contributed by atoms with Crippen molar-refractivity contribution in [1.29, 1.82) is 0 Å². The Balaban J connectivity index is 0.908. The molecule has 274 valence electrons. The first-order valence-electron chi connectivity index (χ1n) is 20.0. The second kappa shape index (κ2) is 13.4. The second-order valence-electron chi connectivity index (χ2n) is 15.8. The van der Waals surface area contributed by atoms with Gasteiger partial charge in [-0.3, -0.25) is 0 Å². The van der Waals surface area contributed by atoms with Crippen LogP contribution in [-0.4, -0.2) is 14.5 Å². The van der Waals surface area contributed by atoms with Crippen LogP contribution in [0.3, 0.4) is 0 Å². The third-order valence-electron chi connectivity index (χ3n) is 12.1. The Kier molecular flexibility index (Phi) is 7.84. The highest BCUT2D eigenvalue weighted by Gasteiger charge is 2.35. The summed E-state index contributed by atoms with van der Waals surface area (Å²) in [7, 11) is 0. The molecule has 0 atom stereocenters. The molecule has 0 amide bonds. The summed E-state index contributed by atoms with van der Waals surface area (Å²) in [6.45, 7) is 4.67. The zero-order valence-electron chi connectivity index (χ0n) is 32.4. The molecule has 1 aliphatic rings. The highest BCUT2D eigenvalue weighted by Crippen LogP contribution is 2.49. The van der Waals surface area contributed by atoms with Crippen LogP contribution in [-0.2, 0) is 5.41 Å². The van der Waals surface area contributed by atoms with Crippen molar-refractivity contribution >= 4 is 21.8 Å². The molecule has 2 aromatic heterocycles. The molecule has 0 aliphatic heterocycles. The normalized spacial score (nSPS) is 12.8. The van der Waals surface area contributed by atoms with Gasteiger partial charge in [-0.15, -0.1) is 0 Å². The number of aromatic nitrogens is 3. The number of nitrogens with zero attached hydrogens (tertiary/aromatic N) is 3. The van der Waals surface area contributed by atoms with Crippen LogP contribution in [0.15, 0.2) is 200 Å². The molecule has 3 heteroatoms. The molecule has 0 bridgehead atoms. The van der Waals surface area contributed by atoms with Crippen LogP contribution in [0, 0.1) is 0 Å². The summed E-state index contributed by atoms with van der Waals surface area (Å²) in [5.41, 5.74) is 18.6. The van der Waals surface area contributed by atoms with Gasteiger partial charge in [0.05, 0.1) is 22.4 Å². The van der Waals surface area contributed by atoms with Crippen LogP contribution in [0.2, 0.25) is 0 Å². The molecule has 3 nitrogen and oxygen atoms in total. The predicted octanol–water partition coefficient (Wildman–Crippen LogP) is 14.2. The molecule has 1 aliphatic carbocycles. The zero-order valence-corrected chi connectivity index (χ0v) is 32.4. The molecule has 0 saturated carbocycles. The maximum atomic E-state index is 5.11. The van der Waals surface area contributed by atoms with E-state index in [1.54, 1.807) is 0 Å². The van der Waals surface area contributed by atoms with E-state index in [2.05, 4.69) is 200 Å². The molecule has 0 spiro atoms. The van der Waals surface area contributed by atoms with Gasteiger partial charge in [-0.1, -0.05) is 178 Å². The van der Waals surface area contributed by atoms with Gasteiger partial charge in [0.1, 0.15) is 0 Å². The average molecular weight is 742 g/mol. The first-order valence-corrected chi connectivity index (χ1v) is 20.0. The standard InChI is InChI=1S/C55H39N3/c1-55(2)48-17-9-6-14-44(48)45-33-30-42(34-49(45)55)38-22-26-40(27-23-38)51-35-50(56-54(57-51)41-12-4-3-5-13-41)39-24-20-36(21-25-39)37-28-31-43(32-29-37)58-52-18-10-7-15-46(52)47-16-8-11-19-53(47)58/h3-35H,1-2H3. The van der Waals surface area contributed by atoms with Gasteiger partial charge < -0.3 is 4.57 Å². The Labute approximate surface area is 338 Å². The number of fused-ring (bicyclic) bond motifs is 6. The van der Waals surface area contributed by atoms with Gasteiger partial charge in [0.15, 0.2) is 5.82 Å². The first-order chi connectivity index (χ1) is 28.5. The third kappa shape index (κ3) is 5.58.